The van der Waals surface area contributed by atoms with Crippen LogP contribution in [0.3, 0.4) is 0 Å². The van der Waals surface area contributed by atoms with Gasteiger partial charge in [-0.15, -0.1) is 8.42 Å². The van der Waals surface area contributed by atoms with Crippen LogP contribution in [0.25, 0.3) is 0 Å². The third kappa shape index (κ3) is 3.70. The second-order valence-corrected chi connectivity index (χ2v) is 7.10. The van der Waals surface area contributed by atoms with Crippen molar-refractivity contribution in [2.24, 2.45) is 0 Å². The maximum Gasteiger partial charge on any atom is 0.488 e. The van der Waals surface area contributed by atoms with E-state index in [1.165, 1.54) is 24.3 Å². The van der Waals surface area contributed by atoms with E-state index in [0.717, 1.165) is 0 Å². The molecule has 12 heteroatoms. The summed E-state index contributed by atoms with van der Waals surface area (Å²) in [7, 11) is -5.36. The van der Waals surface area contributed by atoms with E-state index in [1.807, 2.05) is 22.6 Å². The Morgan fingerprint density at radius 2 is 1.68 bits per heavy atom. The minimum atomic E-state index is -5.36. The van der Waals surface area contributed by atoms with E-state index in [1.54, 1.807) is 0 Å². The smallest absolute Gasteiger partial charge is 0.325 e. The molecule has 1 aliphatic rings. The van der Waals surface area contributed by atoms with E-state index in [4.69, 9.17) is 0 Å². The maximum atomic E-state index is 12.1. The monoisotopic (exact) mass is 483 g/mol. The molecule has 2 N–H and O–H groups in total. The fraction of sp³-hybridized carbons (Fsp3) is 0.231. The number of halogens is 1. The number of benzene rings is 1. The molecule has 25 heavy (non-hydrogen) atoms. The second-order valence-electron chi connectivity index (χ2n) is 4.92. The molecule has 3 amide bonds. The molecule has 0 spiro atoms. The van der Waals surface area contributed by atoms with E-state index in [0.29, 0.717) is 5.69 Å². The lowest BCUT2D eigenvalue weighted by atomic mass is 10.2. The summed E-state index contributed by atoms with van der Waals surface area (Å²) in [5.74, 6) is -4.08. The normalized spacial score (nSPS) is 16.6. The first-order chi connectivity index (χ1) is 11.6. The molecule has 134 valence electrons. The Morgan fingerprint density at radius 1 is 1.16 bits per heavy atom. The largest absolute Gasteiger partial charge is 0.488 e. The number of rotatable bonds is 5. The SMILES string of the molecule is O=C(CI)Nc1ccc(C(=O)O[N+]2(S(=O)(=O)O)C(=O)CCC2=O)cc1. The summed E-state index contributed by atoms with van der Waals surface area (Å²) >= 11 is 1.87. The Kier molecular flexibility index (Phi) is 5.55. The summed E-state index contributed by atoms with van der Waals surface area (Å²) < 4.78 is 30.1. The number of anilines is 1. The molecule has 1 saturated heterocycles. The Hall–Kier alpha value is -1.90. The minimum Gasteiger partial charge on any atom is -0.325 e. The summed E-state index contributed by atoms with van der Waals surface area (Å²) in [6.07, 6.45) is -0.958. The van der Waals surface area contributed by atoms with Crippen LogP contribution in [0.2, 0.25) is 0 Å². The first kappa shape index (κ1) is 19.4. The number of carbonyl (C=O) groups is 4. The van der Waals surface area contributed by atoms with Crippen molar-refractivity contribution in [3.8, 4) is 0 Å². The van der Waals surface area contributed by atoms with E-state index >= 15 is 0 Å². The van der Waals surface area contributed by atoms with Gasteiger partial charge in [0.15, 0.2) is 0 Å². The fourth-order valence-corrected chi connectivity index (χ4v) is 3.16. The van der Waals surface area contributed by atoms with Crippen LogP contribution < -0.4 is 5.32 Å². The minimum absolute atomic E-state index is 0.180. The van der Waals surface area contributed by atoms with Gasteiger partial charge in [-0.3, -0.25) is 4.79 Å². The van der Waals surface area contributed by atoms with Gasteiger partial charge in [0.05, 0.1) is 22.8 Å². The summed E-state index contributed by atoms with van der Waals surface area (Å²) in [4.78, 5) is 51.6. The molecule has 0 atom stereocenters. The molecule has 1 aromatic rings. The van der Waals surface area contributed by atoms with Gasteiger partial charge in [0.25, 0.3) is 0 Å². The number of hydrogen-bond acceptors (Lipinski definition) is 7. The predicted molar refractivity (Wildman–Crippen MR) is 90.4 cm³/mol. The number of hydrogen-bond donors (Lipinski definition) is 2. The first-order valence-corrected chi connectivity index (χ1v) is 9.67. The second kappa shape index (κ2) is 7.15. The van der Waals surface area contributed by atoms with Crippen LogP contribution in [0.4, 0.5) is 5.69 Å². The number of hydroxylamine groups is 2. The Morgan fingerprint density at radius 3 is 2.12 bits per heavy atom. The number of nitrogens with one attached hydrogen (secondary N) is 1. The number of amides is 3. The number of nitrogens with zero attached hydrogens (tertiary/aromatic N) is 1. The van der Waals surface area contributed by atoms with E-state index in [-0.39, 0.29) is 15.9 Å². The highest BCUT2D eigenvalue weighted by Crippen LogP contribution is 2.29. The zero-order valence-electron chi connectivity index (χ0n) is 12.5. The van der Waals surface area contributed by atoms with Crippen LogP contribution >= 0.6 is 22.6 Å². The number of quaternary nitrogens is 1. The van der Waals surface area contributed by atoms with E-state index < -0.39 is 45.0 Å². The highest BCUT2D eigenvalue weighted by atomic mass is 127. The zero-order chi connectivity index (χ0) is 18.8. The molecule has 0 radical (unpaired) electrons. The molecule has 2 rings (SSSR count). The molecule has 0 aliphatic carbocycles. The van der Waals surface area contributed by atoms with Gasteiger partial charge < -0.3 is 5.32 Å². The zero-order valence-corrected chi connectivity index (χ0v) is 15.4. The van der Waals surface area contributed by atoms with Crippen molar-refractivity contribution < 1.29 is 41.0 Å². The average molecular weight is 483 g/mol. The van der Waals surface area contributed by atoms with Crippen LogP contribution in [0.15, 0.2) is 24.3 Å². The standard InChI is InChI=1S/C13H11IN2O8S/c14-7-10(17)15-9-3-1-8(2-4-9)13(20)24-16(25(21,22)23)11(18)5-6-12(16)19/h1-4H,5-7H2,(H-,15,17,20,21,22,23)/p+1. The number of imide groups is 1. The van der Waals surface area contributed by atoms with Gasteiger partial charge in [-0.2, -0.15) is 0 Å². The van der Waals surface area contributed by atoms with Crippen molar-refractivity contribution in [2.45, 2.75) is 12.8 Å². The Bertz CT molecular complexity index is 833. The highest BCUT2D eigenvalue weighted by molar-refractivity contribution is 14.1. The third-order valence-electron chi connectivity index (χ3n) is 3.27. The molecule has 1 fully saturated rings. The van der Waals surface area contributed by atoms with Crippen LogP contribution in [0, 0.1) is 0 Å². The average Bonchev–Trinajstić information content (AvgIpc) is 2.84. The van der Waals surface area contributed by atoms with Crippen LogP contribution in [-0.4, -0.2) is 45.1 Å². The van der Waals surface area contributed by atoms with Crippen molar-refractivity contribution in [2.75, 3.05) is 9.74 Å². The lowest BCUT2D eigenvalue weighted by Crippen LogP contribution is -2.57. The molecule has 0 unspecified atom stereocenters. The fourth-order valence-electron chi connectivity index (χ4n) is 2.11. The Balaban J connectivity index is 2.27. The van der Waals surface area contributed by atoms with Crippen LogP contribution in [0.1, 0.15) is 23.2 Å². The van der Waals surface area contributed by atoms with Crippen molar-refractivity contribution in [1.29, 1.82) is 0 Å². The molecular weight excluding hydrogens is 471 g/mol. The molecule has 0 aromatic heterocycles. The highest BCUT2D eigenvalue weighted by Gasteiger charge is 2.65. The molecule has 0 saturated carbocycles. The molecule has 1 heterocycles. The third-order valence-corrected chi connectivity index (χ3v) is 5.10. The predicted octanol–water partition coefficient (Wildman–Crippen LogP) is 0.598. The molecule has 1 aliphatic heterocycles. The summed E-state index contributed by atoms with van der Waals surface area (Å²) in [6, 6.07) is 5.12. The summed E-state index contributed by atoms with van der Waals surface area (Å²) in [6.45, 7) is 0. The summed E-state index contributed by atoms with van der Waals surface area (Å²) in [5, 5.41) is 2.53. The van der Waals surface area contributed by atoms with Crippen LogP contribution in [-0.2, 0) is 29.5 Å². The topological polar surface area (TPSA) is 144 Å². The molecule has 10 nitrogen and oxygen atoms in total. The van der Waals surface area contributed by atoms with Gasteiger partial charge in [0.2, 0.25) is 5.91 Å². The molecular formula is C13H12IN2O8S+. The van der Waals surface area contributed by atoms with Crippen molar-refractivity contribution in [1.82, 2.24) is 0 Å². The van der Waals surface area contributed by atoms with E-state index in [2.05, 4.69) is 10.2 Å². The van der Waals surface area contributed by atoms with E-state index in [9.17, 15) is 32.1 Å². The first-order valence-electron chi connectivity index (χ1n) is 6.75. The lowest BCUT2D eigenvalue weighted by Gasteiger charge is -2.20. The van der Waals surface area contributed by atoms with Gasteiger partial charge in [0.1, 0.15) is 4.05 Å². The van der Waals surface area contributed by atoms with Gasteiger partial charge in [0, 0.05) is 5.69 Å². The molecule has 0 bridgehead atoms. The summed E-state index contributed by atoms with van der Waals surface area (Å²) in [5.41, 5.74) is 0.200. The van der Waals surface area contributed by atoms with Crippen molar-refractivity contribution in [3.05, 3.63) is 29.8 Å². The van der Waals surface area contributed by atoms with Crippen molar-refractivity contribution in [3.63, 3.8) is 0 Å². The van der Waals surface area contributed by atoms with Gasteiger partial charge in [-0.1, -0.05) is 22.6 Å². The molecule has 1 aromatic carbocycles. The lowest BCUT2D eigenvalue weighted by molar-refractivity contribution is -0.852. The number of alkyl halides is 1. The van der Waals surface area contributed by atoms with Gasteiger partial charge >= 0.3 is 28.1 Å². The maximum absolute atomic E-state index is 12.1. The van der Waals surface area contributed by atoms with Gasteiger partial charge in [-0.05, 0) is 24.3 Å². The quantitative estimate of drug-likeness (QED) is 0.204. The van der Waals surface area contributed by atoms with Crippen molar-refractivity contribution >= 4 is 62.3 Å². The number of carbonyl (C=O) groups excluding carboxylic acids is 4. The van der Waals surface area contributed by atoms with Gasteiger partial charge in [-0.25, -0.2) is 23.8 Å². The Labute approximate surface area is 155 Å². The van der Waals surface area contributed by atoms with Crippen LogP contribution in [0.5, 0.6) is 0 Å².